The smallest absolute Gasteiger partial charge is 0.322 e. The molecule has 0 aromatic heterocycles. The van der Waals surface area contributed by atoms with Gasteiger partial charge in [0.05, 0.1) is 7.11 Å². The van der Waals surface area contributed by atoms with Crippen LogP contribution in [0.15, 0.2) is 5.11 Å². The summed E-state index contributed by atoms with van der Waals surface area (Å²) in [5.41, 5.74) is 8.19. The van der Waals surface area contributed by atoms with Crippen LogP contribution >= 0.6 is 0 Å². The minimum Gasteiger partial charge on any atom is -0.468 e. The van der Waals surface area contributed by atoms with Crippen LogP contribution in [0.1, 0.15) is 58.3 Å². The lowest BCUT2D eigenvalue weighted by Crippen LogP contribution is -2.38. The fourth-order valence-electron chi connectivity index (χ4n) is 2.08. The number of methoxy groups -OCH3 is 1. The molecule has 0 heterocycles. The maximum Gasteiger partial charge on any atom is 0.322 e. The number of carbonyl (C=O) groups is 1. The Kier molecular flexibility index (Phi) is 13.3. The normalized spacial score (nSPS) is 11.7. The SMILES string of the molecule is CCCCCCCCCC(NCCN=[N+]=[N-])C(=O)OC. The number of esters is 1. The third-order valence-corrected chi connectivity index (χ3v) is 3.25. The fraction of sp³-hybridized carbons (Fsp3) is 0.929. The van der Waals surface area contributed by atoms with Crippen molar-refractivity contribution >= 4 is 5.97 Å². The van der Waals surface area contributed by atoms with E-state index in [1.54, 1.807) is 0 Å². The number of hydrogen-bond donors (Lipinski definition) is 1. The highest BCUT2D eigenvalue weighted by Gasteiger charge is 2.17. The van der Waals surface area contributed by atoms with Gasteiger partial charge in [0.15, 0.2) is 0 Å². The molecule has 0 amide bonds. The highest BCUT2D eigenvalue weighted by molar-refractivity contribution is 5.75. The van der Waals surface area contributed by atoms with Gasteiger partial charge < -0.3 is 10.1 Å². The van der Waals surface area contributed by atoms with E-state index < -0.39 is 0 Å². The van der Waals surface area contributed by atoms with E-state index in [-0.39, 0.29) is 12.0 Å². The van der Waals surface area contributed by atoms with Crippen molar-refractivity contribution < 1.29 is 9.53 Å². The van der Waals surface area contributed by atoms with Gasteiger partial charge in [0.25, 0.3) is 0 Å². The number of nitrogens with zero attached hydrogens (tertiary/aromatic N) is 3. The summed E-state index contributed by atoms with van der Waals surface area (Å²) in [4.78, 5) is 14.3. The van der Waals surface area contributed by atoms with Gasteiger partial charge in [-0.1, -0.05) is 57.0 Å². The van der Waals surface area contributed by atoms with Crippen LogP contribution in [0.4, 0.5) is 0 Å². The van der Waals surface area contributed by atoms with Gasteiger partial charge in [-0.2, -0.15) is 0 Å². The fourth-order valence-corrected chi connectivity index (χ4v) is 2.08. The molecular weight excluding hydrogens is 256 g/mol. The molecule has 0 fully saturated rings. The molecule has 0 rings (SSSR count). The maximum absolute atomic E-state index is 11.6. The Bertz CT molecular complexity index is 291. The van der Waals surface area contributed by atoms with E-state index in [9.17, 15) is 4.79 Å². The van der Waals surface area contributed by atoms with E-state index >= 15 is 0 Å². The maximum atomic E-state index is 11.6. The molecule has 0 spiro atoms. The summed E-state index contributed by atoms with van der Waals surface area (Å²) >= 11 is 0. The summed E-state index contributed by atoms with van der Waals surface area (Å²) in [6.07, 6.45) is 9.33. The third kappa shape index (κ3) is 10.6. The van der Waals surface area contributed by atoms with Crippen molar-refractivity contribution in [3.05, 3.63) is 10.4 Å². The zero-order chi connectivity index (χ0) is 15.1. The monoisotopic (exact) mass is 284 g/mol. The first kappa shape index (κ1) is 18.7. The Labute approximate surface area is 121 Å². The Hall–Kier alpha value is -1.26. The van der Waals surface area contributed by atoms with Crippen LogP contribution in [0.25, 0.3) is 10.4 Å². The number of unbranched alkanes of at least 4 members (excludes halogenated alkanes) is 6. The van der Waals surface area contributed by atoms with Crippen molar-refractivity contribution in [2.45, 2.75) is 64.3 Å². The Morgan fingerprint density at radius 3 is 2.50 bits per heavy atom. The van der Waals surface area contributed by atoms with Crippen molar-refractivity contribution in [3.8, 4) is 0 Å². The van der Waals surface area contributed by atoms with Crippen LogP contribution in [0.2, 0.25) is 0 Å². The van der Waals surface area contributed by atoms with Gasteiger partial charge in [0.1, 0.15) is 6.04 Å². The van der Waals surface area contributed by atoms with E-state index in [2.05, 4.69) is 22.3 Å². The quantitative estimate of drug-likeness (QED) is 0.184. The topological polar surface area (TPSA) is 87.1 Å². The predicted octanol–water partition coefficient (Wildman–Crippen LogP) is 3.57. The first-order valence-electron chi connectivity index (χ1n) is 7.58. The molecule has 0 aliphatic heterocycles. The second kappa shape index (κ2) is 14.2. The van der Waals surface area contributed by atoms with Crippen LogP contribution in [0.3, 0.4) is 0 Å². The van der Waals surface area contributed by atoms with Gasteiger partial charge >= 0.3 is 5.97 Å². The van der Waals surface area contributed by atoms with Gasteiger partial charge in [-0.25, -0.2) is 0 Å². The molecule has 6 nitrogen and oxygen atoms in total. The van der Waals surface area contributed by atoms with Gasteiger partial charge in [-0.05, 0) is 12.0 Å². The molecule has 116 valence electrons. The van der Waals surface area contributed by atoms with Crippen LogP contribution in [-0.4, -0.2) is 32.2 Å². The molecule has 1 atom stereocenters. The Balaban J connectivity index is 3.75. The van der Waals surface area contributed by atoms with Crippen molar-refractivity contribution in [2.24, 2.45) is 5.11 Å². The minimum atomic E-state index is -0.287. The highest BCUT2D eigenvalue weighted by Crippen LogP contribution is 2.10. The highest BCUT2D eigenvalue weighted by atomic mass is 16.5. The Morgan fingerprint density at radius 1 is 1.25 bits per heavy atom. The average molecular weight is 284 g/mol. The number of rotatable bonds is 13. The van der Waals surface area contributed by atoms with Gasteiger partial charge in [-0.15, -0.1) is 0 Å². The summed E-state index contributed by atoms with van der Waals surface area (Å²) in [5, 5.41) is 6.51. The van der Waals surface area contributed by atoms with E-state index in [0.717, 1.165) is 19.3 Å². The lowest BCUT2D eigenvalue weighted by Gasteiger charge is -2.15. The summed E-state index contributed by atoms with van der Waals surface area (Å²) in [5.74, 6) is -0.239. The first-order chi connectivity index (χ1) is 9.76. The summed E-state index contributed by atoms with van der Waals surface area (Å²) in [6.45, 7) is 3.06. The van der Waals surface area contributed by atoms with Crippen LogP contribution in [0.5, 0.6) is 0 Å². The number of azide groups is 1. The summed E-state index contributed by atoms with van der Waals surface area (Å²) in [7, 11) is 1.40. The van der Waals surface area contributed by atoms with Crippen LogP contribution in [-0.2, 0) is 9.53 Å². The van der Waals surface area contributed by atoms with Crippen molar-refractivity contribution in [3.63, 3.8) is 0 Å². The van der Waals surface area contributed by atoms with E-state index in [1.165, 1.54) is 39.2 Å². The molecule has 1 N–H and O–H groups in total. The van der Waals surface area contributed by atoms with Gasteiger partial charge in [0.2, 0.25) is 0 Å². The predicted molar refractivity (Wildman–Crippen MR) is 80.4 cm³/mol. The molecule has 1 unspecified atom stereocenters. The number of ether oxygens (including phenoxy) is 1. The summed E-state index contributed by atoms with van der Waals surface area (Å²) < 4.78 is 4.77. The molecule has 0 aromatic rings. The molecule has 0 saturated heterocycles. The average Bonchev–Trinajstić information content (AvgIpc) is 2.47. The van der Waals surface area contributed by atoms with Crippen molar-refractivity contribution in [1.82, 2.24) is 5.32 Å². The minimum absolute atomic E-state index is 0.239. The first-order valence-corrected chi connectivity index (χ1v) is 7.58. The second-order valence-electron chi connectivity index (χ2n) is 4.89. The van der Waals surface area contributed by atoms with Crippen LogP contribution < -0.4 is 5.32 Å². The molecular formula is C14H28N4O2. The molecule has 0 aliphatic rings. The molecule has 0 radical (unpaired) electrons. The number of carbonyl (C=O) groups excluding carboxylic acids is 1. The zero-order valence-electron chi connectivity index (χ0n) is 12.8. The number of hydrogen-bond acceptors (Lipinski definition) is 4. The van der Waals surface area contributed by atoms with Crippen molar-refractivity contribution in [2.75, 3.05) is 20.2 Å². The lowest BCUT2D eigenvalue weighted by molar-refractivity contribution is -0.143. The van der Waals surface area contributed by atoms with Crippen LogP contribution in [0, 0.1) is 0 Å². The molecule has 0 bridgehead atoms. The molecule has 0 saturated carbocycles. The standard InChI is InChI=1S/C14H28N4O2/c1-3-4-5-6-7-8-9-10-13(14(19)20-2)16-11-12-17-18-15/h13,16H,3-12H2,1-2H3. The van der Waals surface area contributed by atoms with Crippen molar-refractivity contribution in [1.29, 1.82) is 0 Å². The molecule has 6 heteroatoms. The van der Waals surface area contributed by atoms with E-state index in [4.69, 9.17) is 10.3 Å². The summed E-state index contributed by atoms with van der Waals surface area (Å²) in [6, 6.07) is -0.287. The Morgan fingerprint density at radius 2 is 1.90 bits per heavy atom. The molecule has 0 aliphatic carbocycles. The van der Waals surface area contributed by atoms with Gasteiger partial charge in [0, 0.05) is 18.0 Å². The zero-order valence-corrected chi connectivity index (χ0v) is 12.8. The second-order valence-corrected chi connectivity index (χ2v) is 4.89. The van der Waals surface area contributed by atoms with E-state index in [1.807, 2.05) is 0 Å². The molecule has 20 heavy (non-hydrogen) atoms. The third-order valence-electron chi connectivity index (χ3n) is 3.25. The van der Waals surface area contributed by atoms with Gasteiger partial charge in [-0.3, -0.25) is 4.79 Å². The lowest BCUT2D eigenvalue weighted by atomic mass is 10.1. The van der Waals surface area contributed by atoms with E-state index in [0.29, 0.717) is 13.1 Å². The molecule has 0 aromatic carbocycles. The largest absolute Gasteiger partial charge is 0.468 e. The number of nitrogens with one attached hydrogen (secondary N) is 1.